The summed E-state index contributed by atoms with van der Waals surface area (Å²) in [4.78, 5) is 38.4. The number of hydrogen-bond acceptors (Lipinski definition) is 24. The molecule has 6 aliphatic rings. The van der Waals surface area contributed by atoms with Crippen molar-refractivity contribution in [3.8, 4) is 0 Å². The second kappa shape index (κ2) is 23.2. The topological polar surface area (TPSA) is 377 Å². The molecule has 12 N–H and O–H groups in total. The Labute approximate surface area is 442 Å². The van der Waals surface area contributed by atoms with Gasteiger partial charge in [-0.3, -0.25) is 13.7 Å². The maximum absolute atomic E-state index is 10.2. The van der Waals surface area contributed by atoms with Gasteiger partial charge in [0.05, 0.1) is 38.8 Å². The van der Waals surface area contributed by atoms with Crippen LogP contribution in [-0.4, -0.2) is 197 Å². The van der Waals surface area contributed by atoms with Gasteiger partial charge in [0.1, 0.15) is 54.9 Å². The molecule has 9 heterocycles. The summed E-state index contributed by atoms with van der Waals surface area (Å²) in [6.45, 7) is -1.19. The number of nitrogens with one attached hydrogen (secondary N) is 3. The summed E-state index contributed by atoms with van der Waals surface area (Å²) < 4.78 is 21.2. The van der Waals surface area contributed by atoms with Gasteiger partial charge in [0.2, 0.25) is 15.9 Å². The Kier molecular flexibility index (Phi) is 16.6. The number of aromatic nitrogens is 12. The molecule has 75 heavy (non-hydrogen) atoms. The summed E-state index contributed by atoms with van der Waals surface area (Å²) in [5, 5.41) is 98.6. The molecule has 3 saturated carbocycles. The van der Waals surface area contributed by atoms with E-state index in [2.05, 4.69) is 60.8 Å². The quantitative estimate of drug-likeness (QED) is 0.0769. The molecule has 0 aromatic carbocycles. The van der Waals surface area contributed by atoms with Crippen LogP contribution in [0.25, 0.3) is 33.5 Å². The van der Waals surface area contributed by atoms with Crippen molar-refractivity contribution < 1.29 is 60.2 Å². The van der Waals surface area contributed by atoms with Gasteiger partial charge in [0, 0.05) is 18.1 Å². The Morgan fingerprint density at radius 1 is 0.413 bits per heavy atom. The lowest BCUT2D eigenvalue weighted by atomic mass is 10.1. The highest BCUT2D eigenvalue weighted by Gasteiger charge is 2.46. The van der Waals surface area contributed by atoms with Crippen LogP contribution in [-0.2, 0) is 14.2 Å². The van der Waals surface area contributed by atoms with E-state index in [1.54, 1.807) is 0 Å². The van der Waals surface area contributed by atoms with E-state index < -0.39 is 93.4 Å². The van der Waals surface area contributed by atoms with Crippen LogP contribution in [0.2, 0.25) is 15.9 Å². The van der Waals surface area contributed by atoms with E-state index in [1.807, 2.05) is 0 Å². The third kappa shape index (κ3) is 11.0. The molecule has 6 aromatic heterocycles. The number of aliphatic hydroxyl groups is 9. The fraction of sp³-hybridized carbons (Fsp3) is 0.667. The van der Waals surface area contributed by atoms with E-state index >= 15 is 0 Å². The minimum absolute atomic E-state index is 0.0569. The average Bonchev–Trinajstić information content (AvgIpc) is 4.26. The first-order valence-electron chi connectivity index (χ1n) is 25.1. The Morgan fingerprint density at radius 2 is 0.667 bits per heavy atom. The lowest BCUT2D eigenvalue weighted by molar-refractivity contribution is -0.0511. The largest absolute Gasteiger partial charge is 0.394 e. The number of anilines is 3. The van der Waals surface area contributed by atoms with E-state index in [4.69, 9.17) is 49.0 Å². The highest BCUT2D eigenvalue weighted by atomic mass is 35.5. The molecule has 0 unspecified atom stereocenters. The third-order valence-corrected chi connectivity index (χ3v) is 15.2. The van der Waals surface area contributed by atoms with E-state index in [9.17, 15) is 46.0 Å². The average molecular weight is 1110 g/mol. The number of imidazole rings is 3. The van der Waals surface area contributed by atoms with Gasteiger partial charge in [0.15, 0.2) is 69.6 Å². The molecular formula is C45H60Cl3N15O12. The summed E-state index contributed by atoms with van der Waals surface area (Å²) in [5.41, 5.74) is 2.76. The summed E-state index contributed by atoms with van der Waals surface area (Å²) in [5.74, 6) is 1.65. The van der Waals surface area contributed by atoms with Crippen LogP contribution in [0.5, 0.6) is 0 Å². The molecule has 30 heteroatoms. The highest BCUT2D eigenvalue weighted by molar-refractivity contribution is 6.29. The molecule has 27 nitrogen and oxygen atoms in total. The predicted octanol–water partition coefficient (Wildman–Crippen LogP) is 1.34. The van der Waals surface area contributed by atoms with Gasteiger partial charge in [-0.15, -0.1) is 0 Å². The minimum Gasteiger partial charge on any atom is -0.394 e. The van der Waals surface area contributed by atoms with Crippen LogP contribution < -0.4 is 16.0 Å². The van der Waals surface area contributed by atoms with Crippen molar-refractivity contribution in [1.29, 1.82) is 0 Å². The number of rotatable bonds is 12. The normalized spacial score (nSPS) is 30.4. The molecule has 12 rings (SSSR count). The van der Waals surface area contributed by atoms with Crippen molar-refractivity contribution in [2.75, 3.05) is 35.8 Å². The molecule has 0 bridgehead atoms. The van der Waals surface area contributed by atoms with Crippen LogP contribution in [0.1, 0.15) is 95.7 Å². The number of aliphatic hydroxyl groups excluding tert-OH is 9. The number of fused-ring (bicyclic) bond motifs is 3. The van der Waals surface area contributed by atoms with Gasteiger partial charge in [-0.25, -0.2) is 15.0 Å². The highest BCUT2D eigenvalue weighted by Crippen LogP contribution is 2.37. The van der Waals surface area contributed by atoms with Crippen molar-refractivity contribution in [3.05, 3.63) is 34.8 Å². The van der Waals surface area contributed by atoms with Crippen LogP contribution in [0.15, 0.2) is 19.0 Å². The molecule has 6 fully saturated rings. The van der Waals surface area contributed by atoms with Crippen LogP contribution in [0.3, 0.4) is 0 Å². The summed E-state index contributed by atoms with van der Waals surface area (Å²) in [6, 6.07) is 0.981. The summed E-state index contributed by atoms with van der Waals surface area (Å²) in [7, 11) is 0. The zero-order chi connectivity index (χ0) is 52.7. The first-order chi connectivity index (χ1) is 36.2. The van der Waals surface area contributed by atoms with Gasteiger partial charge in [0.25, 0.3) is 0 Å². The van der Waals surface area contributed by atoms with Crippen molar-refractivity contribution in [2.24, 2.45) is 0 Å². The Morgan fingerprint density at radius 3 is 0.893 bits per heavy atom. The van der Waals surface area contributed by atoms with Gasteiger partial charge in [-0.05, 0) is 73.3 Å². The van der Waals surface area contributed by atoms with Crippen molar-refractivity contribution in [3.63, 3.8) is 0 Å². The number of hydrogen-bond donors (Lipinski definition) is 12. The lowest BCUT2D eigenvalue weighted by Crippen LogP contribution is -2.33. The Bertz CT molecular complexity index is 2600. The number of halogens is 3. The fourth-order valence-corrected chi connectivity index (χ4v) is 11.1. The smallest absolute Gasteiger partial charge is 0.226 e. The van der Waals surface area contributed by atoms with Gasteiger partial charge in [-0.2, -0.15) is 29.9 Å². The fourth-order valence-electron chi connectivity index (χ4n) is 10.7. The Hall–Kier alpha value is -4.56. The zero-order valence-corrected chi connectivity index (χ0v) is 42.5. The molecule has 0 amide bonds. The maximum Gasteiger partial charge on any atom is 0.226 e. The second-order valence-corrected chi connectivity index (χ2v) is 20.6. The van der Waals surface area contributed by atoms with E-state index in [0.29, 0.717) is 69.1 Å². The van der Waals surface area contributed by atoms with Gasteiger partial charge >= 0.3 is 0 Å². The summed E-state index contributed by atoms with van der Waals surface area (Å²) in [6.07, 6.45) is 5.30. The zero-order valence-electron chi connectivity index (χ0n) is 40.2. The van der Waals surface area contributed by atoms with Crippen LogP contribution >= 0.6 is 34.8 Å². The van der Waals surface area contributed by atoms with E-state index in [-0.39, 0.29) is 15.9 Å². The van der Waals surface area contributed by atoms with Crippen LogP contribution in [0, 0.1) is 0 Å². The SMILES string of the molecule is OC[C@H]1O[C@@H](n2cnc3c(NC4CCCC4)nc(Cl)nc32)[C@H](O)[C@@H]1O.OC[C@H]1O[C@@H](n2cnc3c(NC4CCCC4)nc(Cl)nc32)[C@H](O)[C@@H]1O.OC[C@H]1O[C@@H](n2cnc3c(NC4CCCC4)nc(Cl)nc32)[C@H](O)[C@@H]1O. The minimum atomic E-state index is -1.21. The standard InChI is InChI=1S/3C15H20ClN5O4/c3*16-15-19-12(18-7-3-1-2-4-7)9-13(20-15)21(6-17-9)14-11(24)10(23)8(5-22)25-14/h3*6-8,10-11,14,22-24H,1-5H2,(H,18,19,20)/t3*8-,10-,11-,14-/m111/s1. The molecular weight excluding hydrogens is 1050 g/mol. The molecule has 3 aliphatic heterocycles. The third-order valence-electron chi connectivity index (χ3n) is 14.6. The first-order valence-corrected chi connectivity index (χ1v) is 26.3. The van der Waals surface area contributed by atoms with Crippen LogP contribution in [0.4, 0.5) is 17.5 Å². The molecule has 12 atom stereocenters. The monoisotopic (exact) mass is 1110 g/mol. The van der Waals surface area contributed by atoms with Gasteiger partial charge in [-0.1, -0.05) is 38.5 Å². The molecule has 3 saturated heterocycles. The van der Waals surface area contributed by atoms with Crippen molar-refractivity contribution in [1.82, 2.24) is 58.6 Å². The molecule has 0 spiro atoms. The number of ether oxygens (including phenoxy) is 3. The van der Waals surface area contributed by atoms with Crippen molar-refractivity contribution >= 4 is 85.7 Å². The molecule has 3 aliphatic carbocycles. The second-order valence-electron chi connectivity index (χ2n) is 19.6. The predicted molar refractivity (Wildman–Crippen MR) is 268 cm³/mol. The first kappa shape index (κ1) is 53.8. The molecule has 408 valence electrons. The van der Waals surface area contributed by atoms with Crippen molar-refractivity contribution in [2.45, 2.75) is 169 Å². The van der Waals surface area contributed by atoms with E-state index in [1.165, 1.54) is 71.2 Å². The van der Waals surface area contributed by atoms with Gasteiger partial charge < -0.3 is 76.1 Å². The lowest BCUT2D eigenvalue weighted by Gasteiger charge is -2.17. The number of nitrogens with zero attached hydrogens (tertiary/aromatic N) is 12. The van der Waals surface area contributed by atoms with E-state index in [0.717, 1.165) is 38.5 Å². The molecule has 6 aromatic rings. The maximum atomic E-state index is 10.2. The Balaban J connectivity index is 0.000000128. The summed E-state index contributed by atoms with van der Waals surface area (Å²) >= 11 is 18.2. The molecule has 0 radical (unpaired) electrons.